The van der Waals surface area contributed by atoms with E-state index in [9.17, 15) is 19.7 Å². The number of nitrogens with zero attached hydrogens (tertiary/aromatic N) is 1. The molecular weight excluding hydrogens is 288 g/mol. The first-order valence-corrected chi connectivity index (χ1v) is 6.66. The second-order valence-corrected chi connectivity index (χ2v) is 4.55. The third-order valence-corrected chi connectivity index (χ3v) is 3.02. The highest BCUT2D eigenvalue weighted by Crippen LogP contribution is 2.15. The molecule has 7 nitrogen and oxygen atoms in total. The van der Waals surface area contributed by atoms with E-state index in [1.54, 1.807) is 31.2 Å². The molecule has 22 heavy (non-hydrogen) atoms. The number of Topliss-reactive ketones (excluding diaryl/α,β-unsaturated/α-hetero) is 1. The predicted molar refractivity (Wildman–Crippen MR) is 77.6 cm³/mol. The molecule has 1 aromatic heterocycles. The minimum Gasteiger partial charge on any atom is -0.395 e. The van der Waals surface area contributed by atoms with Crippen molar-refractivity contribution in [2.45, 2.75) is 19.9 Å². The van der Waals surface area contributed by atoms with Crippen molar-refractivity contribution in [1.29, 1.82) is 0 Å². The molecule has 0 saturated carbocycles. The molecule has 1 aromatic carbocycles. The van der Waals surface area contributed by atoms with E-state index >= 15 is 0 Å². The average Bonchev–Trinajstić information content (AvgIpc) is 3.02. The van der Waals surface area contributed by atoms with Gasteiger partial charge < -0.3 is 9.73 Å². The predicted octanol–water partition coefficient (Wildman–Crippen LogP) is 2.71. The van der Waals surface area contributed by atoms with Crippen molar-refractivity contribution in [3.63, 3.8) is 0 Å². The van der Waals surface area contributed by atoms with Crippen LogP contribution in [0, 0.1) is 10.1 Å². The van der Waals surface area contributed by atoms with Crippen molar-refractivity contribution in [3.05, 3.63) is 63.4 Å². The number of nitrogens with one attached hydrogen (secondary N) is 1. The van der Waals surface area contributed by atoms with Crippen molar-refractivity contribution in [2.24, 2.45) is 0 Å². The number of furan rings is 1. The van der Waals surface area contributed by atoms with Crippen LogP contribution in [0.2, 0.25) is 0 Å². The summed E-state index contributed by atoms with van der Waals surface area (Å²) in [6.45, 7) is 1.97. The number of carbonyl (C=O) groups is 2. The third kappa shape index (κ3) is 3.57. The molecule has 1 amide bonds. The van der Waals surface area contributed by atoms with Crippen LogP contribution in [0.15, 0.2) is 40.8 Å². The Morgan fingerprint density at radius 1 is 1.27 bits per heavy atom. The first-order valence-electron chi connectivity index (χ1n) is 6.66. The maximum absolute atomic E-state index is 11.8. The fourth-order valence-electron chi connectivity index (χ4n) is 1.88. The Labute approximate surface area is 126 Å². The van der Waals surface area contributed by atoms with Crippen molar-refractivity contribution in [2.75, 3.05) is 0 Å². The lowest BCUT2D eigenvalue weighted by molar-refractivity contribution is -0.402. The van der Waals surface area contributed by atoms with E-state index in [1.165, 1.54) is 6.07 Å². The van der Waals surface area contributed by atoms with Crippen molar-refractivity contribution in [3.8, 4) is 0 Å². The zero-order chi connectivity index (χ0) is 16.1. The molecule has 1 heterocycles. The summed E-state index contributed by atoms with van der Waals surface area (Å²) in [7, 11) is 0. The molecule has 0 bridgehead atoms. The van der Waals surface area contributed by atoms with Crippen molar-refractivity contribution >= 4 is 17.6 Å². The van der Waals surface area contributed by atoms with Gasteiger partial charge in [0.15, 0.2) is 11.5 Å². The Morgan fingerprint density at radius 3 is 2.68 bits per heavy atom. The summed E-state index contributed by atoms with van der Waals surface area (Å²) in [6, 6.07) is 9.29. The number of benzene rings is 1. The maximum atomic E-state index is 11.8. The molecule has 114 valence electrons. The third-order valence-electron chi connectivity index (χ3n) is 3.02. The molecule has 2 aromatic rings. The lowest BCUT2D eigenvalue weighted by atomic mass is 10.1. The number of hydrogen-bond acceptors (Lipinski definition) is 5. The molecule has 0 fully saturated rings. The Balaban J connectivity index is 2.01. The summed E-state index contributed by atoms with van der Waals surface area (Å²) >= 11 is 0. The molecule has 0 aliphatic carbocycles. The number of hydrogen-bond donors (Lipinski definition) is 1. The molecular formula is C15H14N2O5. The summed E-state index contributed by atoms with van der Waals surface area (Å²) in [5, 5.41) is 13.1. The normalized spacial score (nSPS) is 10.2. The standard InChI is InChI=1S/C15H14N2O5/c1-2-12(18)11-5-3-4-10(8-11)9-16-15(19)13-6-7-14(22-13)17(20)21/h3-8H,2,9H2,1H3,(H,16,19). The van der Waals surface area contributed by atoms with Crippen LogP contribution >= 0.6 is 0 Å². The fraction of sp³-hybridized carbons (Fsp3) is 0.200. The van der Waals surface area contributed by atoms with Gasteiger partial charge in [0.2, 0.25) is 0 Å². The molecule has 0 radical (unpaired) electrons. The molecule has 0 aliphatic heterocycles. The average molecular weight is 302 g/mol. The Hall–Kier alpha value is -2.96. The van der Waals surface area contributed by atoms with Gasteiger partial charge in [0.25, 0.3) is 5.91 Å². The maximum Gasteiger partial charge on any atom is 0.433 e. The minimum absolute atomic E-state index is 0.0230. The number of carbonyl (C=O) groups excluding carboxylic acids is 2. The fourth-order valence-corrected chi connectivity index (χ4v) is 1.88. The van der Waals surface area contributed by atoms with E-state index < -0.39 is 16.7 Å². The smallest absolute Gasteiger partial charge is 0.395 e. The van der Waals surface area contributed by atoms with E-state index in [0.717, 1.165) is 11.6 Å². The zero-order valence-electron chi connectivity index (χ0n) is 11.9. The van der Waals surface area contributed by atoms with Gasteiger partial charge in [-0.15, -0.1) is 0 Å². The van der Waals surface area contributed by atoms with Crippen LogP contribution in [0.3, 0.4) is 0 Å². The Kier molecular flexibility index (Phi) is 4.67. The van der Waals surface area contributed by atoms with Gasteiger partial charge >= 0.3 is 5.88 Å². The van der Waals surface area contributed by atoms with Gasteiger partial charge in [0.05, 0.1) is 6.07 Å². The van der Waals surface area contributed by atoms with E-state index in [2.05, 4.69) is 5.32 Å². The summed E-state index contributed by atoms with van der Waals surface area (Å²) in [6.07, 6.45) is 0.409. The Morgan fingerprint density at radius 2 is 2.05 bits per heavy atom. The van der Waals surface area contributed by atoms with Crippen LogP contribution in [-0.2, 0) is 6.54 Å². The number of rotatable bonds is 6. The van der Waals surface area contributed by atoms with Gasteiger partial charge in [0, 0.05) is 18.5 Å². The van der Waals surface area contributed by atoms with Crippen LogP contribution in [0.5, 0.6) is 0 Å². The molecule has 0 spiro atoms. The monoisotopic (exact) mass is 302 g/mol. The quantitative estimate of drug-likeness (QED) is 0.502. The second-order valence-electron chi connectivity index (χ2n) is 4.55. The van der Waals surface area contributed by atoms with E-state index in [1.807, 2.05) is 0 Å². The van der Waals surface area contributed by atoms with Gasteiger partial charge in [-0.1, -0.05) is 25.1 Å². The van der Waals surface area contributed by atoms with E-state index in [4.69, 9.17) is 4.42 Å². The number of amides is 1. The molecule has 1 N–H and O–H groups in total. The molecule has 2 rings (SSSR count). The van der Waals surface area contributed by atoms with Crippen molar-refractivity contribution in [1.82, 2.24) is 5.32 Å². The highest BCUT2D eigenvalue weighted by atomic mass is 16.6. The van der Waals surface area contributed by atoms with Crippen LogP contribution in [0.25, 0.3) is 0 Å². The van der Waals surface area contributed by atoms with Gasteiger partial charge in [-0.3, -0.25) is 19.7 Å². The largest absolute Gasteiger partial charge is 0.433 e. The number of nitro groups is 1. The van der Waals surface area contributed by atoms with Crippen LogP contribution < -0.4 is 5.32 Å². The van der Waals surface area contributed by atoms with Gasteiger partial charge in [0.1, 0.15) is 4.92 Å². The highest BCUT2D eigenvalue weighted by molar-refractivity contribution is 5.96. The van der Waals surface area contributed by atoms with Gasteiger partial charge in [-0.2, -0.15) is 0 Å². The minimum atomic E-state index is -0.712. The van der Waals surface area contributed by atoms with Gasteiger partial charge in [-0.05, 0) is 17.7 Å². The first kappa shape index (κ1) is 15.4. The van der Waals surface area contributed by atoms with Crippen LogP contribution in [-0.4, -0.2) is 16.6 Å². The molecule has 0 unspecified atom stereocenters. The lowest BCUT2D eigenvalue weighted by Crippen LogP contribution is -2.22. The lowest BCUT2D eigenvalue weighted by Gasteiger charge is -2.05. The zero-order valence-corrected chi connectivity index (χ0v) is 11.9. The van der Waals surface area contributed by atoms with Crippen molar-refractivity contribution < 1.29 is 18.9 Å². The van der Waals surface area contributed by atoms with Crippen LogP contribution in [0.4, 0.5) is 5.88 Å². The first-order chi connectivity index (χ1) is 10.5. The van der Waals surface area contributed by atoms with Gasteiger partial charge in [-0.25, -0.2) is 0 Å². The summed E-state index contributed by atoms with van der Waals surface area (Å²) in [5.74, 6) is -1.15. The van der Waals surface area contributed by atoms with E-state index in [0.29, 0.717) is 12.0 Å². The molecule has 0 aliphatic rings. The van der Waals surface area contributed by atoms with E-state index in [-0.39, 0.29) is 18.1 Å². The summed E-state index contributed by atoms with van der Waals surface area (Å²) in [4.78, 5) is 33.2. The molecule has 0 atom stereocenters. The summed E-state index contributed by atoms with van der Waals surface area (Å²) in [5.41, 5.74) is 1.34. The highest BCUT2D eigenvalue weighted by Gasteiger charge is 2.17. The molecule has 7 heteroatoms. The summed E-state index contributed by atoms with van der Waals surface area (Å²) < 4.78 is 4.81. The SMILES string of the molecule is CCC(=O)c1cccc(CNC(=O)c2ccc([N+](=O)[O-])o2)c1. The number of ketones is 1. The Bertz CT molecular complexity index is 720. The second kappa shape index (κ2) is 6.66. The van der Waals surface area contributed by atoms with Crippen LogP contribution in [0.1, 0.15) is 39.8 Å². The topological polar surface area (TPSA) is 102 Å². The molecule has 0 saturated heterocycles.